The van der Waals surface area contributed by atoms with E-state index < -0.39 is 17.2 Å². The lowest BCUT2D eigenvalue weighted by molar-refractivity contribution is -0.160. The zero-order valence-corrected chi connectivity index (χ0v) is 35.2. The Kier molecular flexibility index (Phi) is 11.7. The average molecular weight is 843 g/mol. The number of methoxy groups -OCH3 is 2. The minimum Gasteiger partial charge on any atom is -0.496 e. The monoisotopic (exact) mass is 841 g/mol. The van der Waals surface area contributed by atoms with Crippen LogP contribution in [-0.2, 0) is 29.2 Å². The molecule has 4 fully saturated rings. The number of hydrogen-bond donors (Lipinski definition) is 3. The summed E-state index contributed by atoms with van der Waals surface area (Å²) in [5, 5.41) is 22.9. The number of halogens is 3. The number of carbonyl (C=O) groups excluding carboxylic acids is 1. The highest BCUT2D eigenvalue weighted by Gasteiger charge is 2.54. The number of fused-ring (bicyclic) bond motifs is 4. The van der Waals surface area contributed by atoms with Crippen molar-refractivity contribution in [1.29, 1.82) is 0 Å². The summed E-state index contributed by atoms with van der Waals surface area (Å²) >= 11 is 14.2. The predicted molar refractivity (Wildman–Crippen MR) is 229 cm³/mol. The largest absolute Gasteiger partial charge is 0.496 e. The maximum absolute atomic E-state index is 15.7. The van der Waals surface area contributed by atoms with Crippen molar-refractivity contribution in [3.05, 3.63) is 99.4 Å². The number of hydrogen-bond acceptors (Lipinski definition) is 7. The standard InChI is InChI=1S/C46H50Cl2FN5O5/c1-4-53(46-16-13-45(14-17-46,15-18-46)44(56)57)26-30-19-37(47)29(22-40(30)58-2)27-54-39-10-6-8-33(35(39)25-51-54)34-9-5-7-32(43(34)48)28-20-38(49)36(41(21-28)59-3)24-50-23-31-11-12-42(55)52-31/h5-10,19-22,25,31,50H,4,11-18,23-24,26-27H2,1-3H3,(H,52,55)(H,56,57). The number of rotatable bonds is 15. The van der Waals surface area contributed by atoms with Gasteiger partial charge >= 0.3 is 5.97 Å². The van der Waals surface area contributed by atoms with Gasteiger partial charge in [0, 0.05) is 70.3 Å². The number of carbonyl (C=O) groups is 2. The summed E-state index contributed by atoms with van der Waals surface area (Å²) in [6.07, 6.45) is 7.91. The van der Waals surface area contributed by atoms with E-state index in [-0.39, 0.29) is 24.0 Å². The first-order valence-corrected chi connectivity index (χ1v) is 21.2. The van der Waals surface area contributed by atoms with Crippen molar-refractivity contribution in [3.8, 4) is 33.8 Å². The first-order valence-electron chi connectivity index (χ1n) is 20.4. The van der Waals surface area contributed by atoms with Crippen molar-refractivity contribution in [2.45, 2.75) is 89.5 Å². The van der Waals surface area contributed by atoms with Gasteiger partial charge in [-0.15, -0.1) is 0 Å². The summed E-state index contributed by atoms with van der Waals surface area (Å²) in [4.78, 5) is 26.1. The van der Waals surface area contributed by atoms with Gasteiger partial charge in [-0.3, -0.25) is 19.2 Å². The van der Waals surface area contributed by atoms with Crippen LogP contribution in [0.3, 0.4) is 0 Å². The molecule has 310 valence electrons. The van der Waals surface area contributed by atoms with Crippen LogP contribution in [0.15, 0.2) is 66.9 Å². The molecule has 1 aliphatic heterocycles. The van der Waals surface area contributed by atoms with Gasteiger partial charge in [0.15, 0.2) is 0 Å². The van der Waals surface area contributed by atoms with Gasteiger partial charge in [-0.2, -0.15) is 5.10 Å². The molecule has 1 saturated heterocycles. The van der Waals surface area contributed by atoms with Crippen molar-refractivity contribution in [3.63, 3.8) is 0 Å². The molecule has 9 rings (SSSR count). The van der Waals surface area contributed by atoms with Crippen molar-refractivity contribution >= 4 is 46.0 Å². The Morgan fingerprint density at radius 2 is 1.69 bits per heavy atom. The number of carboxylic acids is 1. The van der Waals surface area contributed by atoms with E-state index in [9.17, 15) is 14.7 Å². The SMILES string of the molecule is CCN(Cc1cc(Cl)c(Cn2ncc3c(-c4cccc(-c5cc(F)c(CNCC6CCC(=O)N6)c(OC)c5)c4Cl)cccc32)cc1OC)C12CCC(C(=O)O)(CC1)CC2. The van der Waals surface area contributed by atoms with E-state index in [0.29, 0.717) is 58.5 Å². The molecule has 1 amide bonds. The molecule has 1 aromatic heterocycles. The van der Waals surface area contributed by atoms with Crippen molar-refractivity contribution in [2.75, 3.05) is 27.3 Å². The Balaban J connectivity index is 1.02. The maximum Gasteiger partial charge on any atom is 0.309 e. The number of carboxylic acid groups (broad SMARTS) is 1. The minimum atomic E-state index is -0.646. The normalized spacial score (nSPS) is 21.3. The van der Waals surface area contributed by atoms with E-state index in [1.54, 1.807) is 13.2 Å². The zero-order valence-electron chi connectivity index (χ0n) is 33.7. The number of aromatic nitrogens is 2. The van der Waals surface area contributed by atoms with Gasteiger partial charge in [0.1, 0.15) is 17.3 Å². The second-order valence-corrected chi connectivity index (χ2v) is 17.1. The van der Waals surface area contributed by atoms with E-state index >= 15 is 4.39 Å². The van der Waals surface area contributed by atoms with Crippen molar-refractivity contribution in [1.82, 2.24) is 25.3 Å². The zero-order chi connectivity index (χ0) is 41.5. The number of nitrogens with one attached hydrogen (secondary N) is 2. The fraction of sp³-hybridized carbons (Fsp3) is 0.413. The van der Waals surface area contributed by atoms with E-state index in [1.807, 2.05) is 59.4 Å². The van der Waals surface area contributed by atoms with E-state index in [4.69, 9.17) is 37.8 Å². The molecule has 3 aliphatic carbocycles. The molecule has 3 N–H and O–H groups in total. The Labute approximate surface area is 354 Å². The minimum absolute atomic E-state index is 0.0150. The quantitative estimate of drug-likeness (QED) is 0.0956. The molecule has 0 spiro atoms. The predicted octanol–water partition coefficient (Wildman–Crippen LogP) is 9.25. The van der Waals surface area contributed by atoms with E-state index in [0.717, 1.165) is 90.4 Å². The van der Waals surface area contributed by atoms with Crippen LogP contribution in [0.4, 0.5) is 4.39 Å². The van der Waals surface area contributed by atoms with E-state index in [2.05, 4.69) is 22.5 Å². The highest BCUT2D eigenvalue weighted by atomic mass is 35.5. The van der Waals surface area contributed by atoms with Crippen LogP contribution in [0.1, 0.15) is 75.0 Å². The van der Waals surface area contributed by atoms with E-state index in [1.165, 1.54) is 13.2 Å². The van der Waals surface area contributed by atoms with Crippen LogP contribution in [0.25, 0.3) is 33.2 Å². The summed E-state index contributed by atoms with van der Waals surface area (Å²) < 4.78 is 29.2. The third-order valence-electron chi connectivity index (χ3n) is 13.3. The lowest BCUT2D eigenvalue weighted by atomic mass is 9.56. The van der Waals surface area contributed by atoms with Gasteiger partial charge in [-0.1, -0.05) is 60.5 Å². The molecule has 3 saturated carbocycles. The lowest BCUT2D eigenvalue weighted by Crippen LogP contribution is -2.58. The molecular weight excluding hydrogens is 792 g/mol. The molecule has 5 aromatic rings. The molecule has 10 nitrogen and oxygen atoms in total. The molecule has 2 bridgehead atoms. The Hall–Kier alpha value is -4.68. The highest BCUT2D eigenvalue weighted by Crippen LogP contribution is 2.55. The van der Waals surface area contributed by atoms with Gasteiger partial charge in [0.25, 0.3) is 0 Å². The Morgan fingerprint density at radius 3 is 2.37 bits per heavy atom. The van der Waals surface area contributed by atoms with Crippen LogP contribution in [0.5, 0.6) is 11.5 Å². The molecular formula is C46H50Cl2FN5O5. The van der Waals surface area contributed by atoms with Crippen LogP contribution in [-0.4, -0.2) is 70.6 Å². The molecule has 1 atom stereocenters. The summed E-state index contributed by atoms with van der Waals surface area (Å²) in [7, 11) is 3.20. The number of ether oxygens (including phenoxy) is 2. The molecule has 0 radical (unpaired) electrons. The summed E-state index contributed by atoms with van der Waals surface area (Å²) in [5.74, 6) is 0.142. The second kappa shape index (κ2) is 16.8. The van der Waals surface area contributed by atoms with Crippen LogP contribution in [0, 0.1) is 11.2 Å². The van der Waals surface area contributed by atoms with Crippen LogP contribution < -0.4 is 20.1 Å². The molecule has 4 aliphatic rings. The van der Waals surface area contributed by atoms with Gasteiger partial charge in [-0.25, -0.2) is 4.39 Å². The topological polar surface area (TPSA) is 118 Å². The Morgan fingerprint density at radius 1 is 0.983 bits per heavy atom. The number of aliphatic carboxylic acids is 1. The summed E-state index contributed by atoms with van der Waals surface area (Å²) in [6, 6.07) is 19.1. The Bertz CT molecular complexity index is 2390. The molecule has 4 aromatic carbocycles. The van der Waals surface area contributed by atoms with Gasteiger partial charge in [-0.05, 0) is 98.5 Å². The summed E-state index contributed by atoms with van der Waals surface area (Å²) in [6.45, 7) is 4.87. The van der Waals surface area contributed by atoms with Crippen LogP contribution in [0.2, 0.25) is 10.0 Å². The smallest absolute Gasteiger partial charge is 0.309 e. The van der Waals surface area contributed by atoms with Gasteiger partial charge in [0.05, 0.1) is 42.9 Å². The number of nitrogens with zero attached hydrogens (tertiary/aromatic N) is 3. The molecule has 13 heteroatoms. The fourth-order valence-corrected chi connectivity index (χ4v) is 10.3. The third-order valence-corrected chi connectivity index (χ3v) is 14.0. The second-order valence-electron chi connectivity index (χ2n) is 16.4. The van der Waals surface area contributed by atoms with Crippen molar-refractivity contribution < 1.29 is 28.6 Å². The van der Waals surface area contributed by atoms with Crippen LogP contribution >= 0.6 is 23.2 Å². The number of benzene rings is 4. The van der Waals surface area contributed by atoms with Gasteiger partial charge in [0.2, 0.25) is 5.91 Å². The lowest BCUT2D eigenvalue weighted by Gasteiger charge is -2.56. The maximum atomic E-state index is 15.7. The summed E-state index contributed by atoms with van der Waals surface area (Å²) in [5.41, 5.74) is 5.52. The fourth-order valence-electron chi connectivity index (χ4n) is 9.76. The van der Waals surface area contributed by atoms with Gasteiger partial charge < -0.3 is 25.2 Å². The van der Waals surface area contributed by atoms with Crippen molar-refractivity contribution in [2.24, 2.45) is 5.41 Å². The average Bonchev–Trinajstić information content (AvgIpc) is 3.87. The molecule has 2 heterocycles. The molecule has 59 heavy (non-hydrogen) atoms. The third kappa shape index (κ3) is 7.78. The number of amides is 1. The first kappa shape index (κ1) is 41.1. The molecule has 1 unspecified atom stereocenters. The highest BCUT2D eigenvalue weighted by molar-refractivity contribution is 6.36. The first-order chi connectivity index (χ1) is 28.5.